The molecule has 0 aliphatic rings. The number of aromatic amines is 1. The summed E-state index contributed by atoms with van der Waals surface area (Å²) in [4.78, 5) is 8.80. The number of benzene rings is 1. The van der Waals surface area contributed by atoms with Gasteiger partial charge in [-0.25, -0.2) is 9.97 Å². The lowest BCUT2D eigenvalue weighted by Gasteiger charge is -2.07. The van der Waals surface area contributed by atoms with Crippen molar-refractivity contribution >= 4 is 34.1 Å². The van der Waals surface area contributed by atoms with E-state index in [1.54, 1.807) is 0 Å². The first kappa shape index (κ1) is 11.9. The Bertz CT molecular complexity index is 750. The summed E-state index contributed by atoms with van der Waals surface area (Å²) in [6.45, 7) is 3.80. The molecule has 0 atom stereocenters. The lowest BCUT2D eigenvalue weighted by molar-refractivity contribution is 1.04. The van der Waals surface area contributed by atoms with Crippen LogP contribution in [0.3, 0.4) is 0 Å². The molecule has 0 aliphatic carbocycles. The van der Waals surface area contributed by atoms with Gasteiger partial charge in [-0.2, -0.15) is 5.10 Å². The molecule has 96 valence electrons. The molecule has 3 rings (SSSR count). The van der Waals surface area contributed by atoms with E-state index in [2.05, 4.69) is 25.5 Å². The van der Waals surface area contributed by atoms with Gasteiger partial charge in [0.2, 0.25) is 0 Å². The molecule has 0 saturated carbocycles. The number of aryl methyl sites for hydroxylation is 2. The number of hydrogen-bond acceptors (Lipinski definition) is 4. The lowest BCUT2D eigenvalue weighted by Crippen LogP contribution is -1.99. The Morgan fingerprint density at radius 3 is 2.74 bits per heavy atom. The maximum absolute atomic E-state index is 6.03. The van der Waals surface area contributed by atoms with E-state index in [0.717, 1.165) is 22.4 Å². The zero-order valence-electron chi connectivity index (χ0n) is 10.5. The van der Waals surface area contributed by atoms with Crippen molar-refractivity contribution in [3.63, 3.8) is 0 Å². The normalized spacial score (nSPS) is 10.9. The number of nitrogens with one attached hydrogen (secondary N) is 2. The molecule has 0 spiro atoms. The second kappa shape index (κ2) is 4.51. The topological polar surface area (TPSA) is 66.5 Å². The van der Waals surface area contributed by atoms with Crippen LogP contribution in [0.5, 0.6) is 0 Å². The quantitative estimate of drug-likeness (QED) is 0.751. The third-order valence-electron chi connectivity index (χ3n) is 2.72. The van der Waals surface area contributed by atoms with Gasteiger partial charge in [0.25, 0.3) is 0 Å². The van der Waals surface area contributed by atoms with Crippen LogP contribution in [0.4, 0.5) is 11.6 Å². The van der Waals surface area contributed by atoms with Crippen LogP contribution >= 0.6 is 11.6 Å². The molecule has 5 nitrogen and oxygen atoms in total. The van der Waals surface area contributed by atoms with E-state index in [0.29, 0.717) is 16.7 Å². The van der Waals surface area contributed by atoms with Crippen LogP contribution in [0.1, 0.15) is 11.5 Å². The van der Waals surface area contributed by atoms with E-state index in [4.69, 9.17) is 11.6 Å². The van der Waals surface area contributed by atoms with E-state index in [1.165, 1.54) is 0 Å². The van der Waals surface area contributed by atoms with Crippen LogP contribution in [0.25, 0.3) is 10.9 Å². The Kier molecular flexibility index (Phi) is 2.83. The minimum atomic E-state index is 0.654. The molecular formula is C13H12ClN5. The second-order valence-corrected chi connectivity index (χ2v) is 4.78. The number of aromatic nitrogens is 4. The van der Waals surface area contributed by atoms with Gasteiger partial charge in [0.05, 0.1) is 5.52 Å². The number of fused-ring (bicyclic) bond motifs is 1. The Morgan fingerprint density at radius 1 is 1.16 bits per heavy atom. The number of nitrogens with zero attached hydrogens (tertiary/aromatic N) is 3. The molecule has 6 heteroatoms. The molecule has 19 heavy (non-hydrogen) atoms. The molecule has 2 N–H and O–H groups in total. The first-order valence-electron chi connectivity index (χ1n) is 5.85. The maximum Gasteiger partial charge on any atom is 0.153 e. The average Bonchev–Trinajstić information content (AvgIpc) is 2.76. The van der Waals surface area contributed by atoms with Crippen LogP contribution in [0.15, 0.2) is 24.3 Å². The Labute approximate surface area is 115 Å². The van der Waals surface area contributed by atoms with Crippen LogP contribution < -0.4 is 5.32 Å². The van der Waals surface area contributed by atoms with E-state index in [1.807, 2.05) is 38.1 Å². The molecule has 0 radical (unpaired) electrons. The first-order valence-corrected chi connectivity index (χ1v) is 6.22. The van der Waals surface area contributed by atoms with Crippen LogP contribution in [-0.2, 0) is 0 Å². The number of halogens is 1. The molecular weight excluding hydrogens is 262 g/mol. The van der Waals surface area contributed by atoms with Gasteiger partial charge in [-0.05, 0) is 32.0 Å². The van der Waals surface area contributed by atoms with Crippen molar-refractivity contribution in [1.29, 1.82) is 0 Å². The molecule has 0 unspecified atom stereocenters. The van der Waals surface area contributed by atoms with E-state index >= 15 is 0 Å². The van der Waals surface area contributed by atoms with Crippen molar-refractivity contribution in [1.82, 2.24) is 20.2 Å². The predicted octanol–water partition coefficient (Wildman–Crippen LogP) is 3.37. The summed E-state index contributed by atoms with van der Waals surface area (Å²) in [5, 5.41) is 11.7. The molecule has 2 aromatic heterocycles. The fourth-order valence-electron chi connectivity index (χ4n) is 1.92. The number of hydrogen-bond donors (Lipinski definition) is 2. The van der Waals surface area contributed by atoms with Crippen molar-refractivity contribution in [3.8, 4) is 0 Å². The maximum atomic E-state index is 6.03. The van der Waals surface area contributed by atoms with Gasteiger partial charge in [0.15, 0.2) is 5.82 Å². The predicted molar refractivity (Wildman–Crippen MR) is 75.9 cm³/mol. The van der Waals surface area contributed by atoms with Crippen molar-refractivity contribution in [3.05, 3.63) is 40.8 Å². The van der Waals surface area contributed by atoms with Crippen LogP contribution in [0.2, 0.25) is 5.02 Å². The standard InChI is InChI=1S/C13H12ClN5/c1-7-5-12(19-18-7)17-13-10-6-9(14)3-4-11(10)15-8(2)16-13/h3-6H,1-2H3,(H2,15,16,17,18,19). The summed E-state index contributed by atoms with van der Waals surface area (Å²) in [6.07, 6.45) is 0. The molecule has 0 saturated heterocycles. The van der Waals surface area contributed by atoms with Gasteiger partial charge in [-0.15, -0.1) is 0 Å². The molecule has 0 aliphatic heterocycles. The zero-order valence-corrected chi connectivity index (χ0v) is 11.3. The highest BCUT2D eigenvalue weighted by molar-refractivity contribution is 6.31. The molecule has 0 bridgehead atoms. The Hall–Kier alpha value is -2.14. The third-order valence-corrected chi connectivity index (χ3v) is 2.96. The summed E-state index contributed by atoms with van der Waals surface area (Å²) in [5.74, 6) is 2.12. The van der Waals surface area contributed by atoms with Crippen molar-refractivity contribution < 1.29 is 0 Å². The third kappa shape index (κ3) is 2.37. The van der Waals surface area contributed by atoms with Gasteiger partial charge in [0, 0.05) is 22.2 Å². The Morgan fingerprint density at radius 2 is 2.00 bits per heavy atom. The monoisotopic (exact) mass is 273 g/mol. The number of H-pyrrole nitrogens is 1. The summed E-state index contributed by atoms with van der Waals surface area (Å²) in [5.41, 5.74) is 1.84. The average molecular weight is 274 g/mol. The van der Waals surface area contributed by atoms with E-state index in [-0.39, 0.29) is 0 Å². The molecule has 1 aromatic carbocycles. The SMILES string of the molecule is Cc1nc(Nc2cc(C)[nH]n2)c2cc(Cl)ccc2n1. The summed E-state index contributed by atoms with van der Waals surface area (Å²) < 4.78 is 0. The van der Waals surface area contributed by atoms with Crippen LogP contribution in [-0.4, -0.2) is 20.2 Å². The highest BCUT2D eigenvalue weighted by atomic mass is 35.5. The number of anilines is 2. The lowest BCUT2D eigenvalue weighted by atomic mass is 10.2. The smallest absolute Gasteiger partial charge is 0.153 e. The number of rotatable bonds is 2. The minimum Gasteiger partial charge on any atom is -0.323 e. The molecule has 2 heterocycles. The molecule has 0 amide bonds. The molecule has 3 aromatic rings. The van der Waals surface area contributed by atoms with Gasteiger partial charge in [0.1, 0.15) is 11.6 Å². The Balaban J connectivity index is 2.13. The second-order valence-electron chi connectivity index (χ2n) is 4.34. The van der Waals surface area contributed by atoms with Crippen molar-refractivity contribution in [2.45, 2.75) is 13.8 Å². The van der Waals surface area contributed by atoms with Crippen molar-refractivity contribution in [2.24, 2.45) is 0 Å². The van der Waals surface area contributed by atoms with Gasteiger partial charge in [-0.1, -0.05) is 11.6 Å². The fourth-order valence-corrected chi connectivity index (χ4v) is 2.09. The summed E-state index contributed by atoms with van der Waals surface area (Å²) in [7, 11) is 0. The van der Waals surface area contributed by atoms with Gasteiger partial charge < -0.3 is 5.32 Å². The fraction of sp³-hybridized carbons (Fsp3) is 0.154. The highest BCUT2D eigenvalue weighted by Gasteiger charge is 2.08. The summed E-state index contributed by atoms with van der Waals surface area (Å²) >= 11 is 6.03. The molecule has 0 fully saturated rings. The highest BCUT2D eigenvalue weighted by Crippen LogP contribution is 2.26. The minimum absolute atomic E-state index is 0.654. The largest absolute Gasteiger partial charge is 0.323 e. The van der Waals surface area contributed by atoms with Crippen molar-refractivity contribution in [2.75, 3.05) is 5.32 Å². The van der Waals surface area contributed by atoms with Gasteiger partial charge >= 0.3 is 0 Å². The summed E-state index contributed by atoms with van der Waals surface area (Å²) in [6, 6.07) is 7.46. The van der Waals surface area contributed by atoms with Crippen LogP contribution in [0, 0.1) is 13.8 Å². The zero-order chi connectivity index (χ0) is 13.4. The van der Waals surface area contributed by atoms with E-state index < -0.39 is 0 Å². The first-order chi connectivity index (χ1) is 9.11. The van der Waals surface area contributed by atoms with Gasteiger partial charge in [-0.3, -0.25) is 5.10 Å². The van der Waals surface area contributed by atoms with E-state index in [9.17, 15) is 0 Å².